The van der Waals surface area contributed by atoms with E-state index in [2.05, 4.69) is 4.98 Å². The van der Waals surface area contributed by atoms with Crippen molar-refractivity contribution in [2.24, 2.45) is 14.1 Å². The van der Waals surface area contributed by atoms with Crippen molar-refractivity contribution >= 4 is 80.3 Å². The van der Waals surface area contributed by atoms with E-state index < -0.39 is 11.2 Å². The fraction of sp³-hybridized carbons (Fsp3) is 0.156. The molecule has 0 radical (unpaired) electrons. The zero-order valence-electron chi connectivity index (χ0n) is 24.9. The average Bonchev–Trinajstić information content (AvgIpc) is 3.52. The molecule has 46 heavy (non-hydrogen) atoms. The summed E-state index contributed by atoms with van der Waals surface area (Å²) in [4.78, 5) is 46.0. The minimum Gasteiger partial charge on any atom is -0.493 e. The minimum absolute atomic E-state index is 0.0319. The molecule has 3 aromatic carbocycles. The molecule has 234 valence electrons. The second kappa shape index (κ2) is 12.4. The SMILES string of the molecule is COc1cc(C=C2SC(=S)N(c3ccccc3C)C2=O)ccc1Oc1nc2c(c(=O)n(C)c(=O)n2C)n1Cc1ccc(Cl)cc1Cl. The highest BCUT2D eigenvalue weighted by atomic mass is 35.5. The lowest BCUT2D eigenvalue weighted by Crippen LogP contribution is -2.37. The monoisotopic (exact) mass is 693 g/mol. The van der Waals surface area contributed by atoms with Crippen LogP contribution in [-0.2, 0) is 25.4 Å². The molecule has 1 saturated heterocycles. The lowest BCUT2D eigenvalue weighted by atomic mass is 10.1. The third kappa shape index (κ3) is 5.62. The summed E-state index contributed by atoms with van der Waals surface area (Å²) in [6.45, 7) is 2.02. The van der Waals surface area contributed by atoms with Crippen LogP contribution in [0.15, 0.2) is 75.2 Å². The van der Waals surface area contributed by atoms with E-state index in [-0.39, 0.29) is 35.4 Å². The van der Waals surface area contributed by atoms with Crippen molar-refractivity contribution in [2.45, 2.75) is 13.5 Å². The maximum absolute atomic E-state index is 13.4. The minimum atomic E-state index is -0.546. The normalized spacial score (nSPS) is 14.1. The second-order valence-corrected chi connectivity index (χ2v) is 12.9. The van der Waals surface area contributed by atoms with Gasteiger partial charge in [-0.1, -0.05) is 77.5 Å². The third-order valence-corrected chi connectivity index (χ3v) is 9.38. The molecule has 0 saturated carbocycles. The van der Waals surface area contributed by atoms with Gasteiger partial charge in [0.15, 0.2) is 27.0 Å². The first-order valence-electron chi connectivity index (χ1n) is 13.8. The van der Waals surface area contributed by atoms with Crippen LogP contribution in [-0.4, -0.2) is 36.0 Å². The molecule has 0 spiro atoms. The van der Waals surface area contributed by atoms with E-state index in [0.717, 1.165) is 15.8 Å². The number of amides is 1. The third-order valence-electron chi connectivity index (χ3n) is 7.49. The highest BCUT2D eigenvalue weighted by molar-refractivity contribution is 8.27. The Kier molecular flexibility index (Phi) is 8.55. The van der Waals surface area contributed by atoms with E-state index in [4.69, 9.17) is 44.9 Å². The average molecular weight is 695 g/mol. The van der Waals surface area contributed by atoms with E-state index in [1.807, 2.05) is 31.2 Å². The molecule has 1 fully saturated rings. The number of aryl methyl sites for hydroxylation is 2. The van der Waals surface area contributed by atoms with Gasteiger partial charge >= 0.3 is 11.7 Å². The number of thioether (sulfide) groups is 1. The number of halogens is 2. The molecule has 6 rings (SSSR count). The van der Waals surface area contributed by atoms with Crippen LogP contribution in [0.25, 0.3) is 17.2 Å². The van der Waals surface area contributed by atoms with Crippen LogP contribution in [0.3, 0.4) is 0 Å². The number of benzene rings is 3. The number of fused-ring (bicyclic) bond motifs is 1. The summed E-state index contributed by atoms with van der Waals surface area (Å²) in [6, 6.07) is 17.8. The Morgan fingerprint density at radius 2 is 1.74 bits per heavy atom. The molecule has 0 unspecified atom stereocenters. The summed E-state index contributed by atoms with van der Waals surface area (Å²) >= 11 is 19.4. The number of carbonyl (C=O) groups is 1. The Morgan fingerprint density at radius 3 is 2.46 bits per heavy atom. The lowest BCUT2D eigenvalue weighted by molar-refractivity contribution is -0.113. The molecule has 1 amide bonds. The van der Waals surface area contributed by atoms with Gasteiger partial charge in [-0.3, -0.25) is 28.2 Å². The Labute approximate surface area is 282 Å². The Hall–Kier alpha value is -4.36. The molecule has 1 aliphatic heterocycles. The van der Waals surface area contributed by atoms with Gasteiger partial charge in [-0.15, -0.1) is 0 Å². The number of ether oxygens (including phenoxy) is 2. The lowest BCUT2D eigenvalue weighted by Gasteiger charge is -2.16. The maximum Gasteiger partial charge on any atom is 0.332 e. The number of hydrogen-bond acceptors (Lipinski definition) is 8. The van der Waals surface area contributed by atoms with Gasteiger partial charge in [0, 0.05) is 24.1 Å². The Bertz CT molecular complexity index is 2240. The van der Waals surface area contributed by atoms with Crippen molar-refractivity contribution in [1.29, 1.82) is 0 Å². The summed E-state index contributed by atoms with van der Waals surface area (Å²) in [7, 11) is 4.41. The number of carbonyl (C=O) groups excluding carboxylic acids is 1. The fourth-order valence-electron chi connectivity index (χ4n) is 5.07. The number of aromatic nitrogens is 4. The van der Waals surface area contributed by atoms with Crippen molar-refractivity contribution < 1.29 is 14.3 Å². The van der Waals surface area contributed by atoms with E-state index in [9.17, 15) is 14.4 Å². The largest absolute Gasteiger partial charge is 0.493 e. The van der Waals surface area contributed by atoms with Crippen LogP contribution in [0.1, 0.15) is 16.7 Å². The van der Waals surface area contributed by atoms with Crippen molar-refractivity contribution in [3.05, 3.63) is 113 Å². The number of rotatable bonds is 7. The number of para-hydroxylation sites is 1. The number of thiocarbonyl (C=S) groups is 1. The van der Waals surface area contributed by atoms with Crippen LogP contribution >= 0.6 is 47.2 Å². The number of hydrogen-bond donors (Lipinski definition) is 0. The van der Waals surface area contributed by atoms with Crippen LogP contribution in [0.5, 0.6) is 17.5 Å². The zero-order chi connectivity index (χ0) is 32.9. The van der Waals surface area contributed by atoms with Crippen molar-refractivity contribution in [3.63, 3.8) is 0 Å². The molecular weight excluding hydrogens is 669 g/mol. The molecule has 2 aromatic heterocycles. The summed E-state index contributed by atoms with van der Waals surface area (Å²) in [5.74, 6) is 0.408. The highest BCUT2D eigenvalue weighted by Crippen LogP contribution is 2.39. The number of methoxy groups -OCH3 is 1. The predicted molar refractivity (Wildman–Crippen MR) is 186 cm³/mol. The molecule has 5 aromatic rings. The van der Waals surface area contributed by atoms with Gasteiger partial charge in [-0.25, -0.2) is 4.79 Å². The number of nitrogens with zero attached hydrogens (tertiary/aromatic N) is 5. The van der Waals surface area contributed by atoms with Gasteiger partial charge < -0.3 is 9.47 Å². The molecule has 0 atom stereocenters. The molecule has 0 aliphatic carbocycles. The highest BCUT2D eigenvalue weighted by Gasteiger charge is 2.34. The van der Waals surface area contributed by atoms with Gasteiger partial charge in [0.1, 0.15) is 0 Å². The zero-order valence-corrected chi connectivity index (χ0v) is 28.1. The Balaban J connectivity index is 1.39. The molecule has 14 heteroatoms. The first kappa shape index (κ1) is 31.6. The van der Waals surface area contributed by atoms with E-state index in [0.29, 0.717) is 36.1 Å². The molecule has 10 nitrogen and oxygen atoms in total. The van der Waals surface area contributed by atoms with E-state index in [1.165, 1.54) is 42.4 Å². The first-order chi connectivity index (χ1) is 22.0. The van der Waals surface area contributed by atoms with Gasteiger partial charge in [0.05, 0.1) is 24.2 Å². The van der Waals surface area contributed by atoms with Crippen LogP contribution < -0.4 is 25.6 Å². The van der Waals surface area contributed by atoms with Gasteiger partial charge in [0.2, 0.25) is 0 Å². The number of imidazole rings is 1. The molecule has 1 aliphatic rings. The topological polar surface area (TPSA) is 101 Å². The van der Waals surface area contributed by atoms with Crippen LogP contribution in [0, 0.1) is 6.92 Å². The standard InChI is InChI=1S/C32H25Cl2N5O5S2/c1-17-7-5-6-8-22(17)39-28(40)25(46-32(39)45)14-18-9-12-23(24(13-18)43-4)44-30-35-27-26(29(41)37(3)31(42)36(27)2)38(30)16-19-10-11-20(33)15-21(19)34/h5-15H,16H2,1-4H3. The van der Waals surface area contributed by atoms with Crippen molar-refractivity contribution in [2.75, 3.05) is 12.0 Å². The van der Waals surface area contributed by atoms with Crippen LogP contribution in [0.2, 0.25) is 10.0 Å². The van der Waals surface area contributed by atoms with E-state index >= 15 is 0 Å². The molecule has 0 N–H and O–H groups in total. The summed E-state index contributed by atoms with van der Waals surface area (Å²) in [6.07, 6.45) is 1.74. The maximum atomic E-state index is 13.4. The van der Waals surface area contributed by atoms with Crippen molar-refractivity contribution in [1.82, 2.24) is 18.7 Å². The molecule has 3 heterocycles. The van der Waals surface area contributed by atoms with Gasteiger partial charge in [-0.05, 0) is 60.0 Å². The second-order valence-electron chi connectivity index (χ2n) is 10.4. The fourth-order valence-corrected chi connectivity index (χ4v) is 6.82. The molecular formula is C32H25Cl2N5O5S2. The van der Waals surface area contributed by atoms with E-state index in [1.54, 1.807) is 47.0 Å². The van der Waals surface area contributed by atoms with Crippen LogP contribution in [0.4, 0.5) is 5.69 Å². The molecule has 0 bridgehead atoms. The smallest absolute Gasteiger partial charge is 0.332 e. The van der Waals surface area contributed by atoms with Gasteiger partial charge in [-0.2, -0.15) is 4.98 Å². The Morgan fingerprint density at radius 1 is 0.978 bits per heavy atom. The summed E-state index contributed by atoms with van der Waals surface area (Å²) in [5.41, 5.74) is 2.21. The van der Waals surface area contributed by atoms with Crippen molar-refractivity contribution in [3.8, 4) is 17.5 Å². The predicted octanol–water partition coefficient (Wildman–Crippen LogP) is 6.30. The number of anilines is 1. The van der Waals surface area contributed by atoms with Gasteiger partial charge in [0.25, 0.3) is 11.5 Å². The quantitative estimate of drug-likeness (QED) is 0.145. The summed E-state index contributed by atoms with van der Waals surface area (Å²) < 4.78 is 16.2. The summed E-state index contributed by atoms with van der Waals surface area (Å²) in [5, 5.41) is 0.845. The first-order valence-corrected chi connectivity index (χ1v) is 15.8.